The number of hydrogen-bond acceptors (Lipinski definition) is 3. The molecule has 86 valence electrons. The fraction of sp³-hybridized carbons (Fsp3) is 0. The van der Waals surface area contributed by atoms with Crippen LogP contribution in [0.2, 0.25) is 0 Å². The summed E-state index contributed by atoms with van der Waals surface area (Å²) in [7, 11) is 0. The van der Waals surface area contributed by atoms with Gasteiger partial charge in [-0.3, -0.25) is 10.1 Å². The van der Waals surface area contributed by atoms with Gasteiger partial charge in [-0.15, -0.1) is 11.3 Å². The van der Waals surface area contributed by atoms with Crippen molar-refractivity contribution in [2.45, 2.75) is 0 Å². The largest absolute Gasteiger partial charge is 0.298 e. The van der Waals surface area contributed by atoms with Crippen molar-refractivity contribution in [3.05, 3.63) is 52.0 Å². The van der Waals surface area contributed by atoms with Crippen LogP contribution in [-0.4, -0.2) is 10.9 Å². The molecule has 0 aliphatic heterocycles. The number of nitrogens with one attached hydrogen (secondary N) is 1. The first kappa shape index (κ1) is 12.0. The van der Waals surface area contributed by atoms with Gasteiger partial charge < -0.3 is 0 Å². The molecule has 2 rings (SSSR count). The van der Waals surface area contributed by atoms with Gasteiger partial charge in [0.1, 0.15) is 0 Å². The molecule has 1 aromatic carbocycles. The third-order valence-electron chi connectivity index (χ3n) is 1.98. The van der Waals surface area contributed by atoms with Crippen molar-refractivity contribution in [1.29, 1.82) is 0 Å². The highest BCUT2D eigenvalue weighted by molar-refractivity contribution is 9.10. The Labute approximate surface area is 111 Å². The van der Waals surface area contributed by atoms with Crippen LogP contribution in [0, 0.1) is 0 Å². The van der Waals surface area contributed by atoms with Crippen molar-refractivity contribution in [2.75, 3.05) is 5.32 Å². The van der Waals surface area contributed by atoms with E-state index in [4.69, 9.17) is 0 Å². The number of carbonyl (C=O) groups excluding carboxylic acids is 1. The molecular formula is C12H9BrN2OS. The van der Waals surface area contributed by atoms with Gasteiger partial charge in [-0.05, 0) is 17.7 Å². The number of rotatable bonds is 3. The lowest BCUT2D eigenvalue weighted by Gasteiger charge is -1.97. The number of amides is 1. The normalized spacial score (nSPS) is 10.6. The van der Waals surface area contributed by atoms with E-state index >= 15 is 0 Å². The molecule has 17 heavy (non-hydrogen) atoms. The average Bonchev–Trinajstić information content (AvgIpc) is 2.81. The van der Waals surface area contributed by atoms with Crippen molar-refractivity contribution in [3.63, 3.8) is 0 Å². The number of carbonyl (C=O) groups is 1. The van der Waals surface area contributed by atoms with Crippen molar-refractivity contribution in [1.82, 2.24) is 4.98 Å². The molecule has 0 saturated carbocycles. The molecule has 0 radical (unpaired) electrons. The Kier molecular flexibility index (Phi) is 4.06. The maximum absolute atomic E-state index is 11.5. The molecular weight excluding hydrogens is 300 g/mol. The first-order valence-corrected chi connectivity index (χ1v) is 6.56. The van der Waals surface area contributed by atoms with Gasteiger partial charge in [0.25, 0.3) is 0 Å². The van der Waals surface area contributed by atoms with Gasteiger partial charge in [0.05, 0.1) is 0 Å². The summed E-state index contributed by atoms with van der Waals surface area (Å²) >= 11 is 4.80. The van der Waals surface area contributed by atoms with E-state index in [1.807, 2.05) is 29.6 Å². The first-order chi connectivity index (χ1) is 8.25. The minimum atomic E-state index is -0.185. The fourth-order valence-electron chi connectivity index (χ4n) is 1.21. The third-order valence-corrected chi connectivity index (χ3v) is 3.39. The zero-order valence-corrected chi connectivity index (χ0v) is 11.2. The molecule has 0 aliphatic carbocycles. The van der Waals surface area contributed by atoms with Crippen LogP contribution in [0.4, 0.5) is 5.13 Å². The van der Waals surface area contributed by atoms with Gasteiger partial charge >= 0.3 is 0 Å². The summed E-state index contributed by atoms with van der Waals surface area (Å²) in [5.41, 5.74) is 0.960. The van der Waals surface area contributed by atoms with Crippen LogP contribution in [0.1, 0.15) is 5.56 Å². The molecule has 2 aromatic rings. The summed E-state index contributed by atoms with van der Waals surface area (Å²) < 4.78 is 0.957. The molecule has 0 fully saturated rings. The zero-order chi connectivity index (χ0) is 12.1. The van der Waals surface area contributed by atoms with Gasteiger partial charge in [-0.2, -0.15) is 0 Å². The van der Waals surface area contributed by atoms with Crippen LogP contribution in [0.5, 0.6) is 0 Å². The number of benzene rings is 1. The van der Waals surface area contributed by atoms with Crippen LogP contribution in [-0.2, 0) is 4.79 Å². The molecule has 0 atom stereocenters. The molecule has 0 aliphatic rings. The second-order valence-corrected chi connectivity index (χ2v) is 4.93. The number of anilines is 1. The molecule has 3 nitrogen and oxygen atoms in total. The zero-order valence-electron chi connectivity index (χ0n) is 8.76. The standard InChI is InChI=1S/C12H9BrN2OS/c13-10-4-2-1-3-9(10)5-6-11(16)15-12-14-7-8-17-12/h1-8H,(H,14,15,16)/b6-5+. The molecule has 1 N–H and O–H groups in total. The molecule has 0 unspecified atom stereocenters. The van der Waals surface area contributed by atoms with E-state index in [0.717, 1.165) is 10.0 Å². The summed E-state index contributed by atoms with van der Waals surface area (Å²) in [6.45, 7) is 0. The smallest absolute Gasteiger partial charge is 0.250 e. The Morgan fingerprint density at radius 3 is 2.94 bits per heavy atom. The molecule has 1 aromatic heterocycles. The lowest BCUT2D eigenvalue weighted by molar-refractivity contribution is -0.111. The van der Waals surface area contributed by atoms with E-state index in [9.17, 15) is 4.79 Å². The number of thiazole rings is 1. The van der Waals surface area contributed by atoms with Crippen LogP contribution < -0.4 is 5.32 Å². The van der Waals surface area contributed by atoms with Crippen LogP contribution in [0.25, 0.3) is 6.08 Å². The summed E-state index contributed by atoms with van der Waals surface area (Å²) in [4.78, 5) is 15.5. The van der Waals surface area contributed by atoms with Gasteiger partial charge in [0, 0.05) is 22.1 Å². The van der Waals surface area contributed by atoms with E-state index in [1.165, 1.54) is 17.4 Å². The molecule has 5 heteroatoms. The predicted molar refractivity (Wildman–Crippen MR) is 73.9 cm³/mol. The molecule has 1 heterocycles. The topological polar surface area (TPSA) is 42.0 Å². The highest BCUT2D eigenvalue weighted by Gasteiger charge is 2.00. The van der Waals surface area contributed by atoms with E-state index in [1.54, 1.807) is 12.3 Å². The SMILES string of the molecule is O=C(/C=C/c1ccccc1Br)Nc1nccs1. The number of hydrogen-bond donors (Lipinski definition) is 1. The quantitative estimate of drug-likeness (QED) is 0.881. The van der Waals surface area contributed by atoms with E-state index in [-0.39, 0.29) is 5.91 Å². The van der Waals surface area contributed by atoms with Crippen molar-refractivity contribution < 1.29 is 4.79 Å². The van der Waals surface area contributed by atoms with E-state index < -0.39 is 0 Å². The minimum Gasteiger partial charge on any atom is -0.298 e. The summed E-state index contributed by atoms with van der Waals surface area (Å²) in [6.07, 6.45) is 4.90. The number of nitrogens with zero attached hydrogens (tertiary/aromatic N) is 1. The van der Waals surface area contributed by atoms with Crippen molar-refractivity contribution in [2.24, 2.45) is 0 Å². The highest BCUT2D eigenvalue weighted by atomic mass is 79.9. The summed E-state index contributed by atoms with van der Waals surface area (Å²) in [5.74, 6) is -0.185. The molecule has 0 spiro atoms. The average molecular weight is 309 g/mol. The minimum absolute atomic E-state index is 0.185. The molecule has 0 saturated heterocycles. The van der Waals surface area contributed by atoms with E-state index in [0.29, 0.717) is 5.13 Å². The number of halogens is 1. The Morgan fingerprint density at radius 2 is 2.24 bits per heavy atom. The summed E-state index contributed by atoms with van der Waals surface area (Å²) in [5, 5.41) is 5.09. The predicted octanol–water partition coefficient (Wildman–Crippen LogP) is 3.56. The van der Waals surface area contributed by atoms with Crippen LogP contribution in [0.15, 0.2) is 46.4 Å². The maximum Gasteiger partial charge on any atom is 0.250 e. The fourth-order valence-corrected chi connectivity index (χ4v) is 2.16. The lowest BCUT2D eigenvalue weighted by Crippen LogP contribution is -2.07. The van der Waals surface area contributed by atoms with Gasteiger partial charge in [0.2, 0.25) is 5.91 Å². The Bertz CT molecular complexity index is 537. The van der Waals surface area contributed by atoms with E-state index in [2.05, 4.69) is 26.2 Å². The van der Waals surface area contributed by atoms with Crippen molar-refractivity contribution >= 4 is 44.4 Å². The maximum atomic E-state index is 11.5. The lowest BCUT2D eigenvalue weighted by atomic mass is 10.2. The Hall–Kier alpha value is -1.46. The molecule has 1 amide bonds. The van der Waals surface area contributed by atoms with Crippen molar-refractivity contribution in [3.8, 4) is 0 Å². The van der Waals surface area contributed by atoms with Gasteiger partial charge in [-0.1, -0.05) is 34.1 Å². The number of aromatic nitrogens is 1. The van der Waals surface area contributed by atoms with Gasteiger partial charge in [0.15, 0.2) is 5.13 Å². The highest BCUT2D eigenvalue weighted by Crippen LogP contribution is 2.17. The Morgan fingerprint density at radius 1 is 1.41 bits per heavy atom. The first-order valence-electron chi connectivity index (χ1n) is 4.89. The van der Waals surface area contributed by atoms with Crippen LogP contribution in [0.3, 0.4) is 0 Å². The van der Waals surface area contributed by atoms with Crippen LogP contribution >= 0.6 is 27.3 Å². The monoisotopic (exact) mass is 308 g/mol. The third kappa shape index (κ3) is 3.51. The summed E-state index contributed by atoms with van der Waals surface area (Å²) in [6, 6.07) is 7.70. The second-order valence-electron chi connectivity index (χ2n) is 3.18. The molecule has 0 bridgehead atoms. The second kappa shape index (κ2) is 5.75. The Balaban J connectivity index is 2.01. The van der Waals surface area contributed by atoms with Gasteiger partial charge in [-0.25, -0.2) is 4.98 Å².